The molecule has 0 aromatic heterocycles. The van der Waals surface area contributed by atoms with E-state index in [4.69, 9.17) is 4.74 Å². The highest BCUT2D eigenvalue weighted by atomic mass is 19.3. The number of ketones is 2. The number of hydrogen-bond donors (Lipinski definition) is 0. The SMILES string of the molecule is O=C(CCCOCCCC(=O)CC1CCCCC#CC1(F)F)CCC(=O)ON1C(=O)CCC1=O. The Morgan fingerprint density at radius 3 is 2.26 bits per heavy atom. The Kier molecular flexibility index (Phi) is 11.3. The molecule has 1 unspecified atom stereocenters. The standard InChI is InChI=1S/C24H31F2NO7/c25-24(26)14-4-2-1-3-7-18(24)17-20(29)9-6-16-33-15-5-8-19(28)10-13-23(32)34-27-21(30)11-12-22(27)31/h18H,1-3,5-13,15-17H2. The highest BCUT2D eigenvalue weighted by molar-refractivity contribution is 6.01. The molecule has 0 aromatic carbocycles. The van der Waals surface area contributed by atoms with Crippen molar-refractivity contribution >= 4 is 29.4 Å². The summed E-state index contributed by atoms with van der Waals surface area (Å²) in [5.74, 6) is -2.04. The molecule has 0 spiro atoms. The van der Waals surface area contributed by atoms with Gasteiger partial charge in [-0.25, -0.2) is 4.79 Å². The molecule has 0 N–H and O–H groups in total. The Hall–Kier alpha value is -2.67. The summed E-state index contributed by atoms with van der Waals surface area (Å²) in [7, 11) is 0. The second-order valence-corrected chi connectivity index (χ2v) is 8.51. The summed E-state index contributed by atoms with van der Waals surface area (Å²) < 4.78 is 33.5. The number of nitrogens with zero attached hydrogens (tertiary/aromatic N) is 1. The van der Waals surface area contributed by atoms with Gasteiger partial charge >= 0.3 is 11.9 Å². The molecule has 10 heteroatoms. The zero-order chi connectivity index (χ0) is 25.0. The topological polar surface area (TPSA) is 107 Å². The lowest BCUT2D eigenvalue weighted by Crippen LogP contribution is -2.32. The second-order valence-electron chi connectivity index (χ2n) is 8.51. The van der Waals surface area contributed by atoms with E-state index >= 15 is 0 Å². The number of alkyl halides is 2. The minimum atomic E-state index is -3.13. The molecule has 0 bridgehead atoms. The van der Waals surface area contributed by atoms with Crippen molar-refractivity contribution in [1.82, 2.24) is 5.06 Å². The molecule has 0 aromatic rings. The van der Waals surface area contributed by atoms with Gasteiger partial charge in [-0.1, -0.05) is 12.3 Å². The van der Waals surface area contributed by atoms with Gasteiger partial charge in [-0.3, -0.25) is 19.2 Å². The summed E-state index contributed by atoms with van der Waals surface area (Å²) in [4.78, 5) is 63.1. The number of ether oxygens (including phenoxy) is 1. The summed E-state index contributed by atoms with van der Waals surface area (Å²) in [5, 5.41) is 0.447. The van der Waals surface area contributed by atoms with Crippen LogP contribution in [0.5, 0.6) is 0 Å². The highest BCUT2D eigenvalue weighted by Gasteiger charge is 2.38. The molecule has 1 aliphatic heterocycles. The van der Waals surface area contributed by atoms with E-state index < -0.39 is 29.6 Å². The number of imide groups is 1. The van der Waals surface area contributed by atoms with E-state index in [1.54, 1.807) is 0 Å². The summed E-state index contributed by atoms with van der Waals surface area (Å²) in [6.45, 7) is 0.572. The van der Waals surface area contributed by atoms with Gasteiger partial charge in [0.05, 0.1) is 6.42 Å². The highest BCUT2D eigenvalue weighted by Crippen LogP contribution is 2.33. The van der Waals surface area contributed by atoms with Crippen molar-refractivity contribution in [3.63, 3.8) is 0 Å². The second kappa shape index (κ2) is 13.9. The lowest BCUT2D eigenvalue weighted by Gasteiger charge is -2.23. The third kappa shape index (κ3) is 9.67. The summed E-state index contributed by atoms with van der Waals surface area (Å²) in [6.07, 6.45) is 2.89. The first-order chi connectivity index (χ1) is 16.2. The van der Waals surface area contributed by atoms with Crippen molar-refractivity contribution in [2.75, 3.05) is 13.2 Å². The van der Waals surface area contributed by atoms with E-state index in [1.165, 1.54) is 0 Å². The van der Waals surface area contributed by atoms with Crippen LogP contribution in [0.1, 0.15) is 83.5 Å². The number of rotatable bonds is 14. The molecule has 2 rings (SSSR count). The molecule has 0 saturated carbocycles. The molecule has 1 heterocycles. The number of hydrogen-bond acceptors (Lipinski definition) is 7. The fourth-order valence-corrected chi connectivity index (χ4v) is 3.69. The maximum absolute atomic E-state index is 14.1. The van der Waals surface area contributed by atoms with E-state index in [0.717, 1.165) is 6.42 Å². The minimum Gasteiger partial charge on any atom is -0.381 e. The zero-order valence-corrected chi connectivity index (χ0v) is 19.2. The van der Waals surface area contributed by atoms with Crippen molar-refractivity contribution < 1.29 is 42.3 Å². The van der Waals surface area contributed by atoms with Crippen LogP contribution in [0.3, 0.4) is 0 Å². The van der Waals surface area contributed by atoms with Crippen LogP contribution in [0.25, 0.3) is 0 Å². The molecule has 1 atom stereocenters. The number of carbonyl (C=O) groups excluding carboxylic acids is 5. The molecule has 1 saturated heterocycles. The van der Waals surface area contributed by atoms with Crippen LogP contribution in [0.2, 0.25) is 0 Å². The minimum absolute atomic E-state index is 0.00482. The fourth-order valence-electron chi connectivity index (χ4n) is 3.69. The Morgan fingerprint density at radius 2 is 1.59 bits per heavy atom. The monoisotopic (exact) mass is 483 g/mol. The summed E-state index contributed by atoms with van der Waals surface area (Å²) in [6, 6.07) is 0. The number of amides is 2. The summed E-state index contributed by atoms with van der Waals surface area (Å²) >= 11 is 0. The molecule has 2 aliphatic rings. The van der Waals surface area contributed by atoms with Gasteiger partial charge in [-0.05, 0) is 31.6 Å². The average Bonchev–Trinajstić information content (AvgIpc) is 3.09. The van der Waals surface area contributed by atoms with E-state index in [-0.39, 0.29) is 69.7 Å². The van der Waals surface area contributed by atoms with Gasteiger partial charge in [-0.15, -0.1) is 5.06 Å². The Morgan fingerprint density at radius 1 is 0.941 bits per heavy atom. The lowest BCUT2D eigenvalue weighted by molar-refractivity contribution is -0.197. The third-order valence-corrected chi connectivity index (χ3v) is 5.64. The molecule has 188 valence electrons. The van der Waals surface area contributed by atoms with Gasteiger partial charge in [0.1, 0.15) is 11.6 Å². The molecule has 8 nitrogen and oxygen atoms in total. The first-order valence-corrected chi connectivity index (χ1v) is 11.7. The van der Waals surface area contributed by atoms with Crippen LogP contribution in [-0.2, 0) is 33.5 Å². The van der Waals surface area contributed by atoms with Crippen molar-refractivity contribution in [3.05, 3.63) is 0 Å². The van der Waals surface area contributed by atoms with Crippen LogP contribution < -0.4 is 0 Å². The number of Topliss-reactive ketones (excluding diaryl/α,β-unsaturated/α-hetero) is 2. The van der Waals surface area contributed by atoms with Crippen LogP contribution >= 0.6 is 0 Å². The first kappa shape index (κ1) is 27.6. The maximum atomic E-state index is 14.1. The Bertz CT molecular complexity index is 815. The third-order valence-electron chi connectivity index (χ3n) is 5.64. The van der Waals surface area contributed by atoms with Crippen LogP contribution in [0, 0.1) is 17.8 Å². The average molecular weight is 484 g/mol. The molecular weight excluding hydrogens is 452 g/mol. The van der Waals surface area contributed by atoms with E-state index in [2.05, 4.69) is 10.8 Å². The summed E-state index contributed by atoms with van der Waals surface area (Å²) in [5.41, 5.74) is 0. The van der Waals surface area contributed by atoms with Crippen molar-refractivity contribution in [2.24, 2.45) is 5.92 Å². The van der Waals surface area contributed by atoms with Gasteiger partial charge in [-0.2, -0.15) is 8.78 Å². The molecule has 0 radical (unpaired) electrons. The van der Waals surface area contributed by atoms with Crippen LogP contribution in [0.15, 0.2) is 0 Å². The van der Waals surface area contributed by atoms with Crippen LogP contribution in [0.4, 0.5) is 8.78 Å². The Balaban J connectivity index is 1.50. The quantitative estimate of drug-likeness (QED) is 0.212. The molecule has 1 fully saturated rings. The van der Waals surface area contributed by atoms with Crippen molar-refractivity contribution in [3.8, 4) is 11.8 Å². The van der Waals surface area contributed by atoms with E-state index in [9.17, 15) is 32.8 Å². The lowest BCUT2D eigenvalue weighted by atomic mass is 9.87. The van der Waals surface area contributed by atoms with Gasteiger partial charge in [0.15, 0.2) is 0 Å². The van der Waals surface area contributed by atoms with Gasteiger partial charge < -0.3 is 9.57 Å². The normalized spacial score (nSPS) is 19.7. The van der Waals surface area contributed by atoms with Gasteiger partial charge in [0.25, 0.3) is 11.8 Å². The molecular formula is C24H31F2NO7. The van der Waals surface area contributed by atoms with Crippen molar-refractivity contribution in [2.45, 2.75) is 89.4 Å². The number of halogens is 2. The molecule has 34 heavy (non-hydrogen) atoms. The van der Waals surface area contributed by atoms with Crippen LogP contribution in [-0.4, -0.2) is 53.5 Å². The Labute approximate surface area is 197 Å². The smallest absolute Gasteiger partial charge is 0.333 e. The predicted octanol–water partition coefficient (Wildman–Crippen LogP) is 3.31. The largest absolute Gasteiger partial charge is 0.381 e. The fraction of sp³-hybridized carbons (Fsp3) is 0.708. The maximum Gasteiger partial charge on any atom is 0.333 e. The number of carbonyl (C=O) groups is 5. The van der Waals surface area contributed by atoms with E-state index in [0.29, 0.717) is 37.2 Å². The van der Waals surface area contributed by atoms with Gasteiger partial charge in [0.2, 0.25) is 0 Å². The number of hydroxylamine groups is 2. The van der Waals surface area contributed by atoms with Gasteiger partial charge in [0, 0.05) is 64.1 Å². The zero-order valence-electron chi connectivity index (χ0n) is 19.2. The molecule has 1 aliphatic carbocycles. The van der Waals surface area contributed by atoms with Crippen molar-refractivity contribution in [1.29, 1.82) is 0 Å². The molecule has 2 amide bonds. The van der Waals surface area contributed by atoms with E-state index in [1.807, 2.05) is 5.92 Å². The first-order valence-electron chi connectivity index (χ1n) is 11.7. The predicted molar refractivity (Wildman–Crippen MR) is 115 cm³/mol.